The van der Waals surface area contributed by atoms with Crippen molar-refractivity contribution in [2.45, 2.75) is 5.41 Å². The summed E-state index contributed by atoms with van der Waals surface area (Å²) in [6.45, 7) is 0. The first-order valence-corrected chi connectivity index (χ1v) is 20.4. The molecule has 0 spiro atoms. The minimum atomic E-state index is -0.498. The molecule has 57 heavy (non-hydrogen) atoms. The molecule has 1 heterocycles. The number of nitrogens with zero attached hydrogens (tertiary/aromatic N) is 1. The van der Waals surface area contributed by atoms with Crippen molar-refractivity contribution in [3.8, 4) is 33.4 Å². The van der Waals surface area contributed by atoms with Crippen molar-refractivity contribution in [3.05, 3.63) is 247 Å². The van der Waals surface area contributed by atoms with Crippen LogP contribution in [0.25, 0.3) is 53.6 Å². The second-order valence-corrected chi connectivity index (χ2v) is 15.9. The largest absolute Gasteiger partial charge is 0.310 e. The minimum absolute atomic E-state index is 0.498. The molecule has 0 saturated heterocycles. The van der Waals surface area contributed by atoms with Gasteiger partial charge in [0.15, 0.2) is 0 Å². The van der Waals surface area contributed by atoms with E-state index in [4.69, 9.17) is 0 Å². The van der Waals surface area contributed by atoms with Crippen LogP contribution in [0.15, 0.2) is 224 Å². The number of anilines is 3. The summed E-state index contributed by atoms with van der Waals surface area (Å²) < 4.78 is 2.65. The summed E-state index contributed by atoms with van der Waals surface area (Å²) in [6, 6.07) is 82.5. The number of thiophene rings is 1. The Morgan fingerprint density at radius 2 is 0.895 bits per heavy atom. The fourth-order valence-corrected chi connectivity index (χ4v) is 10.5. The van der Waals surface area contributed by atoms with Gasteiger partial charge < -0.3 is 4.90 Å². The monoisotopic (exact) mass is 743 g/mol. The Balaban J connectivity index is 1.14. The third-order valence-corrected chi connectivity index (χ3v) is 13.0. The van der Waals surface area contributed by atoms with Crippen molar-refractivity contribution in [3.63, 3.8) is 0 Å². The summed E-state index contributed by atoms with van der Waals surface area (Å²) in [4.78, 5) is 2.45. The van der Waals surface area contributed by atoms with E-state index in [2.05, 4.69) is 229 Å². The molecule has 1 aliphatic rings. The molecule has 0 fully saturated rings. The highest BCUT2D eigenvalue weighted by Gasteiger charge is 2.46. The molecule has 9 aromatic carbocycles. The smallest absolute Gasteiger partial charge is 0.0714 e. The predicted molar refractivity (Wildman–Crippen MR) is 242 cm³/mol. The Hall–Kier alpha value is -7.00. The lowest BCUT2D eigenvalue weighted by molar-refractivity contribution is 0.768. The maximum absolute atomic E-state index is 2.46. The number of para-hydroxylation sites is 1. The Kier molecular flexibility index (Phi) is 7.98. The number of fused-ring (bicyclic) bond motifs is 6. The predicted octanol–water partition coefficient (Wildman–Crippen LogP) is 15.2. The van der Waals surface area contributed by atoms with Gasteiger partial charge in [0, 0.05) is 37.1 Å². The molecule has 1 nitrogen and oxygen atoms in total. The van der Waals surface area contributed by atoms with E-state index >= 15 is 0 Å². The van der Waals surface area contributed by atoms with Gasteiger partial charge in [-0.15, -0.1) is 11.3 Å². The Labute approximate surface area is 337 Å². The molecule has 1 aliphatic carbocycles. The molecule has 0 radical (unpaired) electrons. The number of benzene rings is 9. The van der Waals surface area contributed by atoms with Gasteiger partial charge in [0.2, 0.25) is 0 Å². The van der Waals surface area contributed by atoms with Gasteiger partial charge in [-0.25, -0.2) is 0 Å². The van der Waals surface area contributed by atoms with Crippen molar-refractivity contribution in [1.82, 2.24) is 0 Å². The summed E-state index contributed by atoms with van der Waals surface area (Å²) in [5.74, 6) is 0. The molecular formula is C55H37NS. The average Bonchev–Trinajstić information content (AvgIpc) is 3.82. The molecule has 10 aromatic rings. The van der Waals surface area contributed by atoms with Gasteiger partial charge in [-0.05, 0) is 86.5 Å². The van der Waals surface area contributed by atoms with Gasteiger partial charge in [0.1, 0.15) is 0 Å². The van der Waals surface area contributed by atoms with Gasteiger partial charge in [-0.3, -0.25) is 0 Å². The van der Waals surface area contributed by atoms with Gasteiger partial charge in [-0.1, -0.05) is 188 Å². The second-order valence-electron chi connectivity index (χ2n) is 14.8. The molecule has 0 unspecified atom stereocenters. The summed E-state index contributed by atoms with van der Waals surface area (Å²) in [7, 11) is 0. The fraction of sp³-hybridized carbons (Fsp3) is 0.0182. The van der Waals surface area contributed by atoms with E-state index in [9.17, 15) is 0 Å². The fourth-order valence-electron chi connectivity index (χ4n) is 9.29. The standard InChI is InChI=1S/C55H37NS/c1-4-17-38(18-5-1)44-23-11-14-29-52(44)56(42-33-31-39(32-34-42)45-26-16-27-49-48-25-12-15-30-53(48)57-54(45)49)43-35-36-47-46-24-10-13-28-50(46)55(51(47)37-43,40-19-6-2-7-20-40)41-21-8-3-9-22-41/h1-37H. The lowest BCUT2D eigenvalue weighted by Gasteiger charge is -2.35. The van der Waals surface area contributed by atoms with Crippen molar-refractivity contribution >= 4 is 48.6 Å². The summed E-state index contributed by atoms with van der Waals surface area (Å²) in [6.07, 6.45) is 0. The number of hydrogen-bond donors (Lipinski definition) is 0. The Bertz CT molecular complexity index is 3020. The Morgan fingerprint density at radius 3 is 1.65 bits per heavy atom. The minimum Gasteiger partial charge on any atom is -0.310 e. The van der Waals surface area contributed by atoms with Crippen molar-refractivity contribution < 1.29 is 0 Å². The summed E-state index contributed by atoms with van der Waals surface area (Å²) >= 11 is 1.88. The SMILES string of the molecule is c1ccc(-c2ccccc2N(c2ccc(-c3cccc4c3sc3ccccc34)cc2)c2ccc3c(c2)C(c2ccccc2)(c2ccccc2)c2ccccc2-3)cc1. The molecule has 268 valence electrons. The molecule has 0 aliphatic heterocycles. The van der Waals surface area contributed by atoms with Gasteiger partial charge in [0.05, 0.1) is 11.1 Å². The first-order valence-electron chi connectivity index (χ1n) is 19.6. The van der Waals surface area contributed by atoms with E-state index in [1.165, 1.54) is 75.8 Å². The zero-order chi connectivity index (χ0) is 37.8. The maximum Gasteiger partial charge on any atom is 0.0714 e. The molecule has 0 N–H and O–H groups in total. The van der Waals surface area contributed by atoms with Crippen molar-refractivity contribution in [2.24, 2.45) is 0 Å². The highest BCUT2D eigenvalue weighted by atomic mass is 32.1. The maximum atomic E-state index is 2.46. The van der Waals surface area contributed by atoms with Crippen LogP contribution in [0.5, 0.6) is 0 Å². The first kappa shape index (κ1) is 33.3. The molecule has 0 saturated carbocycles. The van der Waals surface area contributed by atoms with E-state index < -0.39 is 5.41 Å². The van der Waals surface area contributed by atoms with Crippen LogP contribution in [0.3, 0.4) is 0 Å². The van der Waals surface area contributed by atoms with Crippen LogP contribution in [-0.2, 0) is 5.41 Å². The lowest BCUT2D eigenvalue weighted by Crippen LogP contribution is -2.28. The average molecular weight is 744 g/mol. The van der Waals surface area contributed by atoms with Crippen LogP contribution in [-0.4, -0.2) is 0 Å². The molecule has 0 atom stereocenters. The van der Waals surface area contributed by atoms with Crippen LogP contribution in [0, 0.1) is 0 Å². The highest BCUT2D eigenvalue weighted by Crippen LogP contribution is 2.57. The van der Waals surface area contributed by atoms with Crippen molar-refractivity contribution in [2.75, 3.05) is 4.90 Å². The van der Waals surface area contributed by atoms with E-state index in [0.29, 0.717) is 0 Å². The van der Waals surface area contributed by atoms with Crippen molar-refractivity contribution in [1.29, 1.82) is 0 Å². The first-order chi connectivity index (χ1) is 28.3. The Morgan fingerprint density at radius 1 is 0.351 bits per heavy atom. The van der Waals surface area contributed by atoms with E-state index in [1.807, 2.05) is 11.3 Å². The third-order valence-electron chi connectivity index (χ3n) is 11.8. The molecule has 0 bridgehead atoms. The molecule has 0 amide bonds. The summed E-state index contributed by atoms with van der Waals surface area (Å²) in [5, 5.41) is 2.63. The molecule has 1 aromatic heterocycles. The van der Waals surface area contributed by atoms with Crippen LogP contribution in [0.2, 0.25) is 0 Å². The van der Waals surface area contributed by atoms with E-state index in [-0.39, 0.29) is 0 Å². The molecular weight excluding hydrogens is 707 g/mol. The van der Waals surface area contributed by atoms with E-state index in [0.717, 1.165) is 17.1 Å². The zero-order valence-electron chi connectivity index (χ0n) is 31.2. The second kappa shape index (κ2) is 13.6. The van der Waals surface area contributed by atoms with E-state index in [1.54, 1.807) is 0 Å². The highest BCUT2D eigenvalue weighted by molar-refractivity contribution is 7.26. The quantitative estimate of drug-likeness (QED) is 0.157. The topological polar surface area (TPSA) is 3.24 Å². The zero-order valence-corrected chi connectivity index (χ0v) is 32.0. The molecule has 2 heteroatoms. The summed E-state index contributed by atoms with van der Waals surface area (Å²) in [5.41, 5.74) is 15.3. The van der Waals surface area contributed by atoms with Gasteiger partial charge in [0.25, 0.3) is 0 Å². The van der Waals surface area contributed by atoms with Crippen LogP contribution >= 0.6 is 11.3 Å². The number of hydrogen-bond acceptors (Lipinski definition) is 2. The van der Waals surface area contributed by atoms with Crippen LogP contribution in [0.4, 0.5) is 17.1 Å². The molecule has 11 rings (SSSR count). The van der Waals surface area contributed by atoms with Gasteiger partial charge >= 0.3 is 0 Å². The number of rotatable bonds is 7. The van der Waals surface area contributed by atoms with Crippen LogP contribution < -0.4 is 4.90 Å². The third kappa shape index (κ3) is 5.29. The van der Waals surface area contributed by atoms with Crippen LogP contribution in [0.1, 0.15) is 22.3 Å². The lowest BCUT2D eigenvalue weighted by atomic mass is 9.67. The van der Waals surface area contributed by atoms with Gasteiger partial charge in [-0.2, -0.15) is 0 Å². The normalized spacial score (nSPS) is 12.7.